The summed E-state index contributed by atoms with van der Waals surface area (Å²) >= 11 is 5.55. The average Bonchev–Trinajstić information content (AvgIpc) is 2.88. The summed E-state index contributed by atoms with van der Waals surface area (Å²) in [5.74, 6) is 0. The summed E-state index contributed by atoms with van der Waals surface area (Å²) in [5, 5.41) is 8.44. The number of rotatable bonds is 5. The summed E-state index contributed by atoms with van der Waals surface area (Å²) in [5.41, 5.74) is 4.58. The van der Waals surface area contributed by atoms with Gasteiger partial charge in [0, 0.05) is 6.54 Å². The van der Waals surface area contributed by atoms with Crippen LogP contribution in [0.1, 0.15) is 16.7 Å². The number of hydrogen-bond donors (Lipinski definition) is 0. The fourth-order valence-corrected chi connectivity index (χ4v) is 3.01. The average molecular weight is 339 g/mol. The molecular formula is C18H21N5S. The quantitative estimate of drug-likeness (QED) is 0.667. The Morgan fingerprint density at radius 2 is 1.67 bits per heavy atom. The van der Waals surface area contributed by atoms with Crippen molar-refractivity contribution < 1.29 is 0 Å². The molecule has 0 saturated carbocycles. The van der Waals surface area contributed by atoms with E-state index in [2.05, 4.69) is 59.5 Å². The van der Waals surface area contributed by atoms with E-state index < -0.39 is 0 Å². The normalized spacial score (nSPS) is 11.2. The van der Waals surface area contributed by atoms with Gasteiger partial charge in [0.1, 0.15) is 0 Å². The lowest BCUT2D eigenvalue weighted by Crippen LogP contribution is -2.22. The third-order valence-corrected chi connectivity index (χ3v) is 4.14. The molecule has 24 heavy (non-hydrogen) atoms. The van der Waals surface area contributed by atoms with Crippen molar-refractivity contribution in [3.8, 4) is 5.69 Å². The number of aryl methyl sites for hydroxylation is 2. The largest absolute Gasteiger partial charge is 0.283 e. The predicted molar refractivity (Wildman–Crippen MR) is 97.6 cm³/mol. The highest BCUT2D eigenvalue weighted by Crippen LogP contribution is 2.13. The molecule has 0 radical (unpaired) electrons. The van der Waals surface area contributed by atoms with Crippen molar-refractivity contribution in [1.29, 1.82) is 0 Å². The van der Waals surface area contributed by atoms with Crippen molar-refractivity contribution in [2.24, 2.45) is 0 Å². The Balaban J connectivity index is 1.79. The zero-order valence-corrected chi connectivity index (χ0v) is 15.0. The van der Waals surface area contributed by atoms with E-state index in [4.69, 9.17) is 12.2 Å². The van der Waals surface area contributed by atoms with E-state index in [9.17, 15) is 0 Å². The molecule has 0 saturated heterocycles. The van der Waals surface area contributed by atoms with Crippen LogP contribution in [0.3, 0.4) is 0 Å². The lowest BCUT2D eigenvalue weighted by molar-refractivity contribution is 0.242. The van der Waals surface area contributed by atoms with Crippen molar-refractivity contribution in [3.05, 3.63) is 70.0 Å². The van der Waals surface area contributed by atoms with Gasteiger partial charge in [-0.15, -0.1) is 0 Å². The predicted octanol–water partition coefficient (Wildman–Crippen LogP) is 3.50. The lowest BCUT2D eigenvalue weighted by Gasteiger charge is -2.15. The first-order chi connectivity index (χ1) is 11.5. The van der Waals surface area contributed by atoms with Gasteiger partial charge in [-0.2, -0.15) is 4.68 Å². The molecule has 0 atom stereocenters. The second kappa shape index (κ2) is 7.07. The molecule has 0 aliphatic rings. The highest BCUT2D eigenvalue weighted by atomic mass is 32.1. The van der Waals surface area contributed by atoms with Crippen LogP contribution in [0, 0.1) is 18.6 Å². The molecule has 0 amide bonds. The summed E-state index contributed by atoms with van der Waals surface area (Å²) in [6.07, 6.45) is 0. The van der Waals surface area contributed by atoms with Gasteiger partial charge in [-0.25, -0.2) is 4.68 Å². The van der Waals surface area contributed by atoms with Gasteiger partial charge in [0.15, 0.2) is 0 Å². The minimum absolute atomic E-state index is 0.596. The van der Waals surface area contributed by atoms with Crippen molar-refractivity contribution in [2.45, 2.75) is 27.1 Å². The second-order valence-electron chi connectivity index (χ2n) is 6.16. The minimum atomic E-state index is 0.596. The van der Waals surface area contributed by atoms with Crippen LogP contribution in [0.2, 0.25) is 0 Å². The molecule has 0 fully saturated rings. The van der Waals surface area contributed by atoms with E-state index >= 15 is 0 Å². The molecule has 124 valence electrons. The Morgan fingerprint density at radius 3 is 2.33 bits per heavy atom. The van der Waals surface area contributed by atoms with Gasteiger partial charge < -0.3 is 0 Å². The van der Waals surface area contributed by atoms with Crippen molar-refractivity contribution in [2.75, 3.05) is 7.05 Å². The van der Waals surface area contributed by atoms with E-state index in [0.717, 1.165) is 12.2 Å². The highest BCUT2D eigenvalue weighted by Gasteiger charge is 2.09. The van der Waals surface area contributed by atoms with Crippen LogP contribution in [0.4, 0.5) is 0 Å². The second-order valence-corrected chi connectivity index (χ2v) is 6.53. The van der Waals surface area contributed by atoms with Crippen LogP contribution in [-0.4, -0.2) is 31.7 Å². The maximum Gasteiger partial charge on any atom is 0.221 e. The zero-order valence-electron chi connectivity index (χ0n) is 14.2. The maximum absolute atomic E-state index is 5.55. The Bertz CT molecular complexity index is 862. The van der Waals surface area contributed by atoms with Gasteiger partial charge in [-0.1, -0.05) is 36.4 Å². The van der Waals surface area contributed by atoms with E-state index in [-0.39, 0.29) is 0 Å². The summed E-state index contributed by atoms with van der Waals surface area (Å²) in [6, 6.07) is 16.6. The van der Waals surface area contributed by atoms with Crippen LogP contribution in [0.5, 0.6) is 0 Å². The molecule has 0 aliphatic carbocycles. The first-order valence-corrected chi connectivity index (χ1v) is 8.28. The third-order valence-electron chi connectivity index (χ3n) is 3.76. The van der Waals surface area contributed by atoms with E-state index in [0.29, 0.717) is 11.4 Å². The Kier molecular flexibility index (Phi) is 4.87. The van der Waals surface area contributed by atoms with Crippen molar-refractivity contribution in [3.63, 3.8) is 0 Å². The van der Waals surface area contributed by atoms with E-state index in [1.165, 1.54) is 16.7 Å². The lowest BCUT2D eigenvalue weighted by atomic mass is 10.1. The highest BCUT2D eigenvalue weighted by molar-refractivity contribution is 7.71. The summed E-state index contributed by atoms with van der Waals surface area (Å²) in [4.78, 5) is 2.16. The summed E-state index contributed by atoms with van der Waals surface area (Å²) in [7, 11) is 2.05. The van der Waals surface area contributed by atoms with Crippen molar-refractivity contribution >= 4 is 12.2 Å². The molecule has 1 heterocycles. The number of benzene rings is 2. The van der Waals surface area contributed by atoms with Crippen LogP contribution < -0.4 is 0 Å². The van der Waals surface area contributed by atoms with Gasteiger partial charge in [0.2, 0.25) is 4.77 Å². The van der Waals surface area contributed by atoms with Crippen molar-refractivity contribution in [1.82, 2.24) is 24.7 Å². The molecular weight excluding hydrogens is 318 g/mol. The van der Waals surface area contributed by atoms with Gasteiger partial charge in [0.25, 0.3) is 0 Å². The fraction of sp³-hybridized carbons (Fsp3) is 0.278. The maximum atomic E-state index is 5.55. The molecule has 0 aliphatic heterocycles. The van der Waals surface area contributed by atoms with Crippen LogP contribution in [-0.2, 0) is 13.2 Å². The zero-order chi connectivity index (χ0) is 17.1. The van der Waals surface area contributed by atoms with Crippen LogP contribution in [0.25, 0.3) is 5.69 Å². The van der Waals surface area contributed by atoms with Gasteiger partial charge >= 0.3 is 0 Å². The molecule has 2 aromatic carbocycles. The Labute approximate surface area is 147 Å². The SMILES string of the molecule is Cc1cc(C)cc(-n2nnn(CN(C)Cc3ccccc3)c2=S)c1. The molecule has 3 rings (SSSR count). The monoisotopic (exact) mass is 339 g/mol. The Morgan fingerprint density at radius 1 is 1.00 bits per heavy atom. The third kappa shape index (κ3) is 3.77. The van der Waals surface area contributed by atoms with E-state index in [1.54, 1.807) is 9.36 Å². The van der Waals surface area contributed by atoms with Gasteiger partial charge in [-0.05, 0) is 72.4 Å². The van der Waals surface area contributed by atoms with Crippen LogP contribution >= 0.6 is 12.2 Å². The minimum Gasteiger partial charge on any atom is -0.283 e. The fourth-order valence-electron chi connectivity index (χ4n) is 2.77. The number of hydrogen-bond acceptors (Lipinski definition) is 4. The molecule has 0 bridgehead atoms. The Hall–Kier alpha value is -2.31. The molecule has 0 spiro atoms. The standard InChI is InChI=1S/C18H21N5S/c1-14-9-15(2)11-17(10-14)23-18(24)22(19-20-23)13-21(3)12-16-7-5-4-6-8-16/h4-11H,12-13H2,1-3H3. The molecule has 6 heteroatoms. The first-order valence-electron chi connectivity index (χ1n) is 7.87. The number of nitrogens with zero attached hydrogens (tertiary/aromatic N) is 5. The molecule has 0 N–H and O–H groups in total. The first kappa shape index (κ1) is 16.5. The molecule has 5 nitrogen and oxygen atoms in total. The van der Waals surface area contributed by atoms with Gasteiger partial charge in [-0.3, -0.25) is 4.90 Å². The molecule has 1 aromatic heterocycles. The van der Waals surface area contributed by atoms with Crippen LogP contribution in [0.15, 0.2) is 48.5 Å². The summed E-state index contributed by atoms with van der Waals surface area (Å²) in [6.45, 7) is 5.56. The topological polar surface area (TPSA) is 38.9 Å². The smallest absolute Gasteiger partial charge is 0.221 e. The number of tetrazole rings is 1. The van der Waals surface area contributed by atoms with E-state index in [1.807, 2.05) is 25.2 Å². The molecule has 3 aromatic rings. The number of aromatic nitrogens is 4. The van der Waals surface area contributed by atoms with Gasteiger partial charge in [0.05, 0.1) is 12.4 Å². The molecule has 0 unspecified atom stereocenters. The summed E-state index contributed by atoms with van der Waals surface area (Å²) < 4.78 is 4.06.